The summed E-state index contributed by atoms with van der Waals surface area (Å²) in [5.74, 6) is 2.20. The quantitative estimate of drug-likeness (QED) is 0.161. The summed E-state index contributed by atoms with van der Waals surface area (Å²) < 4.78 is 13.7. The second-order valence-corrected chi connectivity index (χ2v) is 17.2. The number of fused-ring (bicyclic) bond motifs is 4. The van der Waals surface area contributed by atoms with Crippen LogP contribution in [0.15, 0.2) is 122 Å². The van der Waals surface area contributed by atoms with Crippen molar-refractivity contribution >= 4 is 32.8 Å². The van der Waals surface area contributed by atoms with Crippen molar-refractivity contribution in [2.75, 3.05) is 0 Å². The Morgan fingerprint density at radius 2 is 1.22 bits per heavy atom. The molecule has 5 nitrogen and oxygen atoms in total. The predicted octanol–water partition coefficient (Wildman–Crippen LogP) is 12.5. The minimum atomic E-state index is -0.226. The summed E-state index contributed by atoms with van der Waals surface area (Å²) >= 11 is 0. The number of aromatic nitrogens is 4. The number of hydrogen-bond acceptors (Lipinski definition) is 2. The summed E-state index contributed by atoms with van der Waals surface area (Å²) in [5.41, 5.74) is 9.29. The van der Waals surface area contributed by atoms with Crippen LogP contribution in [0.2, 0.25) is 0 Å². The molecule has 3 aromatic heterocycles. The zero-order valence-electron chi connectivity index (χ0n) is 32.6. The molecule has 276 valence electrons. The molecule has 0 unspecified atom stereocenters. The average Bonchev–Trinajstić information content (AvgIpc) is 3.66. The van der Waals surface area contributed by atoms with Gasteiger partial charge in [-0.3, -0.25) is 0 Å². The van der Waals surface area contributed by atoms with Crippen LogP contribution in [-0.4, -0.2) is 18.7 Å². The van der Waals surface area contributed by atoms with Gasteiger partial charge < -0.3 is 9.30 Å². The minimum Gasteiger partial charge on any atom is -0.508 e. The van der Waals surface area contributed by atoms with Crippen LogP contribution in [-0.2, 0) is 37.3 Å². The monoisotopic (exact) mass is 890 g/mol. The molecule has 0 fully saturated rings. The zero-order valence-corrected chi connectivity index (χ0v) is 34.8. The number of hydrogen-bond donors (Lipinski definition) is 0. The summed E-state index contributed by atoms with van der Waals surface area (Å²) in [4.78, 5) is 4.90. The fraction of sp³-hybridized carbons (Fsp3) is 0.250. The van der Waals surface area contributed by atoms with E-state index in [1.807, 2.05) is 12.3 Å². The van der Waals surface area contributed by atoms with Crippen LogP contribution >= 0.6 is 0 Å². The van der Waals surface area contributed by atoms with Crippen LogP contribution in [0.1, 0.15) is 79.0 Å². The minimum absolute atomic E-state index is 0. The van der Waals surface area contributed by atoms with Gasteiger partial charge in [0.15, 0.2) is 17.4 Å². The molecule has 0 saturated carbocycles. The van der Waals surface area contributed by atoms with Crippen molar-refractivity contribution in [2.24, 2.45) is 0 Å². The molecule has 0 N–H and O–H groups in total. The van der Waals surface area contributed by atoms with Crippen molar-refractivity contribution in [1.82, 2.24) is 18.7 Å². The third-order valence-electron chi connectivity index (χ3n) is 10.2. The average molecular weight is 891 g/mol. The number of para-hydroxylation sites is 4. The number of nitrogens with zero attached hydrogens (tertiary/aromatic N) is 4. The van der Waals surface area contributed by atoms with Crippen molar-refractivity contribution in [3.05, 3.63) is 151 Å². The number of pyridine rings is 1. The molecule has 8 aromatic rings. The molecule has 0 bridgehead atoms. The molecular formula is C48H47N4OPt-. The van der Waals surface area contributed by atoms with Gasteiger partial charge in [0.1, 0.15) is 11.5 Å². The summed E-state index contributed by atoms with van der Waals surface area (Å²) in [5, 5.41) is 2.28. The van der Waals surface area contributed by atoms with Gasteiger partial charge in [0.05, 0.1) is 0 Å². The van der Waals surface area contributed by atoms with Crippen LogP contribution in [0, 0.1) is 12.1 Å². The number of imidazole rings is 1. The standard InChI is InChI=1S/C48H47N4O.Pt/c1-46(2,3)32-23-24-49-45(27-32)52-40-20-14-13-19-37(40)38-29-39(48(7,8)9)44(30-43(38)52)53-36-26-33(47(4,5)6)25-35(28-36)51-31-50(34-17-11-10-12-18-34)41-21-15-16-22-42(41)51;/h10-27,29,31H,1-9H3;/q-1;. The third kappa shape index (κ3) is 6.80. The Labute approximate surface area is 333 Å². The van der Waals surface area contributed by atoms with Gasteiger partial charge in [0.2, 0.25) is 0 Å². The molecule has 54 heavy (non-hydrogen) atoms. The zero-order chi connectivity index (χ0) is 37.3. The van der Waals surface area contributed by atoms with E-state index in [1.54, 1.807) is 0 Å². The molecule has 6 heteroatoms. The largest absolute Gasteiger partial charge is 0.508 e. The van der Waals surface area contributed by atoms with Gasteiger partial charge in [0.25, 0.3) is 0 Å². The maximum Gasteiger partial charge on any atom is 0.168 e. The van der Waals surface area contributed by atoms with E-state index >= 15 is 0 Å². The number of ether oxygens (including phenoxy) is 1. The number of rotatable bonds is 5. The van der Waals surface area contributed by atoms with Crippen LogP contribution < -0.4 is 4.74 Å². The molecule has 0 atom stereocenters. The third-order valence-corrected chi connectivity index (χ3v) is 10.2. The van der Waals surface area contributed by atoms with E-state index in [-0.39, 0.29) is 37.3 Å². The van der Waals surface area contributed by atoms with E-state index in [2.05, 4.69) is 198 Å². The molecule has 0 spiro atoms. The maximum atomic E-state index is 7.05. The molecule has 0 aliphatic carbocycles. The fourth-order valence-electron chi connectivity index (χ4n) is 7.16. The first kappa shape index (κ1) is 37.3. The van der Waals surface area contributed by atoms with Gasteiger partial charge in [-0.1, -0.05) is 128 Å². The second kappa shape index (κ2) is 13.7. The van der Waals surface area contributed by atoms with E-state index in [0.29, 0.717) is 11.5 Å². The number of benzene rings is 5. The van der Waals surface area contributed by atoms with Gasteiger partial charge in [-0.25, -0.2) is 9.55 Å². The molecule has 0 radical (unpaired) electrons. The Bertz CT molecular complexity index is 2650. The van der Waals surface area contributed by atoms with Crippen molar-refractivity contribution in [3.8, 4) is 28.7 Å². The van der Waals surface area contributed by atoms with Gasteiger partial charge in [-0.05, 0) is 52.1 Å². The summed E-state index contributed by atoms with van der Waals surface area (Å²) in [7, 11) is 0. The Morgan fingerprint density at radius 3 is 1.89 bits per heavy atom. The van der Waals surface area contributed by atoms with E-state index < -0.39 is 0 Å². The summed E-state index contributed by atoms with van der Waals surface area (Å²) in [6.45, 7) is 20.1. The topological polar surface area (TPSA) is 36.9 Å². The Kier molecular flexibility index (Phi) is 9.47. The first-order valence-electron chi connectivity index (χ1n) is 18.5. The Balaban J connectivity index is 0.00000450. The Morgan fingerprint density at radius 1 is 0.593 bits per heavy atom. The van der Waals surface area contributed by atoms with Crippen LogP contribution in [0.25, 0.3) is 50.0 Å². The maximum absolute atomic E-state index is 7.05. The summed E-state index contributed by atoms with van der Waals surface area (Å²) in [6.07, 6.45) is 4.07. The SMILES string of the molecule is CC(C)(C)c1cc(Oc2[c-]c3c(cc2C(C)(C)C)c2ccccc2n3-c2cc(C(C)(C)C)ccn2)[c-]c(-n2[cH+]n(-c3ccccc3)c3ccccc32)c1.[Pt]. The van der Waals surface area contributed by atoms with Crippen molar-refractivity contribution < 1.29 is 25.8 Å². The molecule has 0 aliphatic heterocycles. The second-order valence-electron chi connectivity index (χ2n) is 17.2. The van der Waals surface area contributed by atoms with E-state index in [1.165, 1.54) is 5.56 Å². The summed E-state index contributed by atoms with van der Waals surface area (Å²) in [6, 6.07) is 46.0. The molecule has 0 amide bonds. The van der Waals surface area contributed by atoms with Crippen LogP contribution in [0.4, 0.5) is 0 Å². The molecular weight excluding hydrogens is 844 g/mol. The smallest absolute Gasteiger partial charge is 0.168 e. The van der Waals surface area contributed by atoms with Gasteiger partial charge in [-0.2, -0.15) is 10.6 Å². The molecule has 8 rings (SSSR count). The van der Waals surface area contributed by atoms with E-state index in [4.69, 9.17) is 9.72 Å². The molecule has 0 aliphatic rings. The molecule has 5 aromatic carbocycles. The first-order chi connectivity index (χ1) is 25.2. The van der Waals surface area contributed by atoms with Gasteiger partial charge in [-0.15, -0.1) is 34.7 Å². The van der Waals surface area contributed by atoms with Crippen molar-refractivity contribution in [1.29, 1.82) is 0 Å². The van der Waals surface area contributed by atoms with E-state index in [0.717, 1.165) is 61.2 Å². The van der Waals surface area contributed by atoms with Crippen LogP contribution in [0.5, 0.6) is 11.5 Å². The van der Waals surface area contributed by atoms with Gasteiger partial charge >= 0.3 is 0 Å². The predicted molar refractivity (Wildman–Crippen MR) is 219 cm³/mol. The Hall–Kier alpha value is -4.99. The van der Waals surface area contributed by atoms with Crippen molar-refractivity contribution in [3.63, 3.8) is 0 Å². The molecule has 3 heterocycles. The van der Waals surface area contributed by atoms with Crippen molar-refractivity contribution in [2.45, 2.75) is 78.6 Å². The normalized spacial score (nSPS) is 12.4. The fourth-order valence-corrected chi connectivity index (χ4v) is 7.16. The van der Waals surface area contributed by atoms with E-state index in [9.17, 15) is 0 Å². The van der Waals surface area contributed by atoms with Gasteiger partial charge in [0, 0.05) is 62.1 Å². The molecule has 0 saturated heterocycles. The first-order valence-corrected chi connectivity index (χ1v) is 18.5. The van der Waals surface area contributed by atoms with Crippen LogP contribution in [0.3, 0.4) is 0 Å².